The topological polar surface area (TPSA) is 61.4 Å². The van der Waals surface area contributed by atoms with E-state index in [1.807, 2.05) is 41.3 Å². The molecule has 0 fully saturated rings. The van der Waals surface area contributed by atoms with Crippen molar-refractivity contribution in [2.45, 2.75) is 44.7 Å². The number of fused-ring (bicyclic) bond motifs is 1. The van der Waals surface area contributed by atoms with Crippen LogP contribution in [0.1, 0.15) is 30.9 Å². The molecule has 2 N–H and O–H groups in total. The maximum absolute atomic E-state index is 13.3. The number of likely N-dealkylation sites (N-methyl/N-ethyl adjacent to an activating group) is 1. The Kier molecular flexibility index (Phi) is 8.68. The number of amides is 2. The van der Waals surface area contributed by atoms with Crippen molar-refractivity contribution < 1.29 is 9.59 Å². The lowest BCUT2D eigenvalue weighted by molar-refractivity contribution is -0.128. The largest absolute Gasteiger partial charge is 0.343 e. The van der Waals surface area contributed by atoms with Crippen LogP contribution in [-0.2, 0) is 22.4 Å². The third kappa shape index (κ3) is 5.81. The summed E-state index contributed by atoms with van der Waals surface area (Å²) < 4.78 is 0. The minimum Gasteiger partial charge on any atom is -0.343 e. The van der Waals surface area contributed by atoms with Crippen LogP contribution in [0.2, 0.25) is 0 Å². The lowest BCUT2D eigenvalue weighted by atomic mass is 10.1. The summed E-state index contributed by atoms with van der Waals surface area (Å²) in [5, 5.41) is 5.87. The Morgan fingerprint density at radius 1 is 1.14 bits per heavy atom. The molecule has 1 aliphatic rings. The summed E-state index contributed by atoms with van der Waals surface area (Å²) >= 11 is 0. The monoisotopic (exact) mass is 415 g/mol. The summed E-state index contributed by atoms with van der Waals surface area (Å²) in [6.45, 7) is 2.43. The van der Waals surface area contributed by atoms with Gasteiger partial charge in [-0.25, -0.2) is 0 Å². The van der Waals surface area contributed by atoms with Gasteiger partial charge < -0.3 is 15.5 Å². The maximum atomic E-state index is 13.3. The highest BCUT2D eigenvalue weighted by Gasteiger charge is 2.31. The maximum Gasteiger partial charge on any atom is 0.249 e. The van der Waals surface area contributed by atoms with Gasteiger partial charge in [0, 0.05) is 12.2 Å². The zero-order valence-corrected chi connectivity index (χ0v) is 17.9. The van der Waals surface area contributed by atoms with Crippen molar-refractivity contribution in [2.24, 2.45) is 0 Å². The summed E-state index contributed by atoms with van der Waals surface area (Å²) in [6, 6.07) is 17.6. The summed E-state index contributed by atoms with van der Waals surface area (Å²) in [4.78, 5) is 27.5. The van der Waals surface area contributed by atoms with Gasteiger partial charge in [-0.2, -0.15) is 0 Å². The number of nitrogens with zero attached hydrogens (tertiary/aromatic N) is 1. The number of carbonyl (C=O) groups is 2. The molecular formula is C23H30ClN3O2. The van der Waals surface area contributed by atoms with Gasteiger partial charge in [-0.15, -0.1) is 12.4 Å². The molecule has 2 aromatic carbocycles. The van der Waals surface area contributed by atoms with Gasteiger partial charge in [-0.1, -0.05) is 48.5 Å². The first-order valence-corrected chi connectivity index (χ1v) is 10.0. The molecule has 0 aliphatic carbocycles. The van der Waals surface area contributed by atoms with Crippen molar-refractivity contribution >= 4 is 29.9 Å². The van der Waals surface area contributed by atoms with Crippen LogP contribution in [0.25, 0.3) is 0 Å². The van der Waals surface area contributed by atoms with Crippen LogP contribution >= 0.6 is 12.4 Å². The van der Waals surface area contributed by atoms with Crippen LogP contribution in [0.15, 0.2) is 54.6 Å². The Morgan fingerprint density at radius 3 is 2.55 bits per heavy atom. The number of nitrogens with one attached hydrogen (secondary N) is 2. The van der Waals surface area contributed by atoms with E-state index in [1.54, 1.807) is 14.0 Å². The Labute approximate surface area is 179 Å². The second-order valence-corrected chi connectivity index (χ2v) is 7.32. The molecule has 1 unspecified atom stereocenters. The number of benzene rings is 2. The van der Waals surface area contributed by atoms with Crippen LogP contribution in [0.4, 0.5) is 5.69 Å². The van der Waals surface area contributed by atoms with E-state index in [2.05, 4.69) is 28.8 Å². The molecule has 0 saturated carbocycles. The molecule has 29 heavy (non-hydrogen) atoms. The smallest absolute Gasteiger partial charge is 0.249 e. The third-order valence-corrected chi connectivity index (χ3v) is 5.38. The van der Waals surface area contributed by atoms with Gasteiger partial charge in [-0.3, -0.25) is 9.59 Å². The molecule has 3 rings (SSSR count). The molecule has 1 heterocycles. The highest BCUT2D eigenvalue weighted by molar-refractivity contribution is 6.00. The highest BCUT2D eigenvalue weighted by Crippen LogP contribution is 2.27. The summed E-state index contributed by atoms with van der Waals surface area (Å²) in [5.41, 5.74) is 3.40. The fraction of sp³-hybridized carbons (Fsp3) is 0.391. The van der Waals surface area contributed by atoms with E-state index in [9.17, 15) is 9.59 Å². The average Bonchev–Trinajstić information content (AvgIpc) is 2.86. The number of para-hydroxylation sites is 1. The fourth-order valence-electron chi connectivity index (χ4n) is 3.59. The molecular weight excluding hydrogens is 386 g/mol. The molecule has 2 aromatic rings. The Hall–Kier alpha value is -2.37. The molecule has 0 bridgehead atoms. The number of halogens is 1. The van der Waals surface area contributed by atoms with Crippen molar-refractivity contribution in [1.29, 1.82) is 0 Å². The number of anilines is 1. The number of rotatable bonds is 7. The van der Waals surface area contributed by atoms with E-state index in [0.717, 1.165) is 30.5 Å². The second kappa shape index (κ2) is 11.0. The Balaban J connectivity index is 0.00000300. The van der Waals surface area contributed by atoms with E-state index in [4.69, 9.17) is 0 Å². The number of hydrogen-bond donors (Lipinski definition) is 2. The van der Waals surface area contributed by atoms with Crippen LogP contribution in [0.3, 0.4) is 0 Å². The zero-order chi connectivity index (χ0) is 19.9. The first-order chi connectivity index (χ1) is 13.6. The standard InChI is InChI=1S/C23H29N3O2.ClH/c1-17(24-2)22(27)25-20-15-14-19-12-6-7-13-21(19)26(23(20)28)16-8-11-18-9-4-3-5-10-18;/h3-7,9-10,12-13,17,20,24H,8,11,14-16H2,1-2H3,(H,25,27);1H/t17?,20-;/m0./s1. The van der Waals surface area contributed by atoms with Gasteiger partial charge in [0.25, 0.3) is 0 Å². The highest BCUT2D eigenvalue weighted by atomic mass is 35.5. The molecule has 5 nitrogen and oxygen atoms in total. The molecule has 2 atom stereocenters. The zero-order valence-electron chi connectivity index (χ0n) is 17.1. The normalized spacial score (nSPS) is 17.0. The predicted molar refractivity (Wildman–Crippen MR) is 120 cm³/mol. The Morgan fingerprint density at radius 2 is 1.83 bits per heavy atom. The molecule has 2 amide bonds. The van der Waals surface area contributed by atoms with Gasteiger partial charge in [0.15, 0.2) is 0 Å². The molecule has 156 valence electrons. The van der Waals surface area contributed by atoms with E-state index >= 15 is 0 Å². The SMILES string of the molecule is CNC(C)C(=O)N[C@H]1CCc2ccccc2N(CCCc2ccccc2)C1=O.Cl. The van der Waals surface area contributed by atoms with Crippen molar-refractivity contribution in [1.82, 2.24) is 10.6 Å². The predicted octanol–water partition coefficient (Wildman–Crippen LogP) is 3.11. The number of hydrogen-bond acceptors (Lipinski definition) is 3. The van der Waals surface area contributed by atoms with Gasteiger partial charge in [0.1, 0.15) is 6.04 Å². The van der Waals surface area contributed by atoms with Crippen molar-refractivity contribution in [3.05, 3.63) is 65.7 Å². The average molecular weight is 416 g/mol. The summed E-state index contributed by atoms with van der Waals surface area (Å²) in [7, 11) is 1.74. The van der Waals surface area contributed by atoms with Crippen LogP contribution in [-0.4, -0.2) is 37.5 Å². The third-order valence-electron chi connectivity index (χ3n) is 5.38. The van der Waals surface area contributed by atoms with E-state index in [-0.39, 0.29) is 30.3 Å². The lowest BCUT2D eigenvalue weighted by Gasteiger charge is -2.27. The van der Waals surface area contributed by atoms with Gasteiger partial charge >= 0.3 is 0 Å². The molecule has 1 aliphatic heterocycles. The summed E-state index contributed by atoms with van der Waals surface area (Å²) in [5.74, 6) is -0.161. The second-order valence-electron chi connectivity index (χ2n) is 7.32. The van der Waals surface area contributed by atoms with Crippen LogP contribution in [0, 0.1) is 0 Å². The number of carbonyl (C=O) groups excluding carboxylic acids is 2. The lowest BCUT2D eigenvalue weighted by Crippen LogP contribution is -2.52. The number of aryl methyl sites for hydroxylation is 2. The quantitative estimate of drug-likeness (QED) is 0.730. The molecule has 6 heteroatoms. The van der Waals surface area contributed by atoms with Crippen LogP contribution < -0.4 is 15.5 Å². The Bertz CT molecular complexity index is 813. The first kappa shape index (κ1) is 22.9. The van der Waals surface area contributed by atoms with Crippen LogP contribution in [0.5, 0.6) is 0 Å². The minimum atomic E-state index is -0.493. The van der Waals surface area contributed by atoms with Gasteiger partial charge in [-0.05, 0) is 56.8 Å². The van der Waals surface area contributed by atoms with E-state index < -0.39 is 6.04 Å². The van der Waals surface area contributed by atoms with Crippen molar-refractivity contribution in [3.63, 3.8) is 0 Å². The molecule has 0 saturated heterocycles. The fourth-order valence-corrected chi connectivity index (χ4v) is 3.59. The minimum absolute atomic E-state index is 0. The van der Waals surface area contributed by atoms with Crippen molar-refractivity contribution in [3.8, 4) is 0 Å². The summed E-state index contributed by atoms with van der Waals surface area (Å²) in [6.07, 6.45) is 3.18. The van der Waals surface area contributed by atoms with E-state index in [1.165, 1.54) is 5.56 Å². The molecule has 0 spiro atoms. The molecule has 0 aromatic heterocycles. The van der Waals surface area contributed by atoms with Gasteiger partial charge in [0.05, 0.1) is 6.04 Å². The van der Waals surface area contributed by atoms with Crippen molar-refractivity contribution in [2.75, 3.05) is 18.5 Å². The first-order valence-electron chi connectivity index (χ1n) is 10.0. The molecule has 0 radical (unpaired) electrons. The van der Waals surface area contributed by atoms with Gasteiger partial charge in [0.2, 0.25) is 11.8 Å². The van der Waals surface area contributed by atoms with E-state index in [0.29, 0.717) is 13.0 Å².